The zero-order valence-corrected chi connectivity index (χ0v) is 14.7. The number of anilines is 1. The van der Waals surface area contributed by atoms with E-state index in [9.17, 15) is 9.00 Å². The Morgan fingerprint density at radius 2 is 1.57 bits per heavy atom. The Labute approximate surface area is 140 Å². The minimum Gasteiger partial charge on any atom is -0.326 e. The number of carbonyl (C=O) groups is 1. The van der Waals surface area contributed by atoms with Crippen LogP contribution >= 0.6 is 0 Å². The van der Waals surface area contributed by atoms with Crippen LogP contribution in [0.4, 0.5) is 5.69 Å². The molecule has 1 atom stereocenters. The van der Waals surface area contributed by atoms with E-state index in [-0.39, 0.29) is 5.91 Å². The lowest BCUT2D eigenvalue weighted by molar-refractivity contribution is -0.123. The highest BCUT2D eigenvalue weighted by atomic mass is 32.2. The topological polar surface area (TPSA) is 46.2 Å². The zero-order chi connectivity index (χ0) is 16.9. The van der Waals surface area contributed by atoms with Gasteiger partial charge in [0.2, 0.25) is 5.91 Å². The van der Waals surface area contributed by atoms with E-state index in [4.69, 9.17) is 0 Å². The molecule has 0 spiro atoms. The van der Waals surface area contributed by atoms with Crippen LogP contribution in [0.25, 0.3) is 0 Å². The molecule has 0 bridgehead atoms. The SMILES string of the molecule is CC(C)(C)C(=O)Nc1cccc(CS(=O)Cc2ccccc2)c1. The van der Waals surface area contributed by atoms with Crippen LogP contribution in [0.3, 0.4) is 0 Å². The van der Waals surface area contributed by atoms with Gasteiger partial charge in [-0.1, -0.05) is 63.2 Å². The van der Waals surface area contributed by atoms with Crippen molar-refractivity contribution in [3.63, 3.8) is 0 Å². The molecule has 0 aromatic heterocycles. The Morgan fingerprint density at radius 1 is 0.957 bits per heavy atom. The van der Waals surface area contributed by atoms with E-state index in [0.717, 1.165) is 16.8 Å². The fourth-order valence-corrected chi connectivity index (χ4v) is 3.27. The van der Waals surface area contributed by atoms with E-state index in [1.807, 2.05) is 75.4 Å². The summed E-state index contributed by atoms with van der Waals surface area (Å²) in [6.45, 7) is 5.63. The van der Waals surface area contributed by atoms with Gasteiger partial charge in [0.15, 0.2) is 0 Å². The van der Waals surface area contributed by atoms with Crippen molar-refractivity contribution in [2.24, 2.45) is 5.41 Å². The number of rotatable bonds is 5. The monoisotopic (exact) mass is 329 g/mol. The second-order valence-corrected chi connectivity index (χ2v) is 8.08. The molecule has 0 fully saturated rings. The lowest BCUT2D eigenvalue weighted by atomic mass is 9.95. The van der Waals surface area contributed by atoms with Gasteiger partial charge in [0.05, 0.1) is 0 Å². The molecule has 1 amide bonds. The molecule has 122 valence electrons. The van der Waals surface area contributed by atoms with E-state index in [2.05, 4.69) is 5.32 Å². The molecular formula is C19H23NO2S. The minimum atomic E-state index is -0.973. The van der Waals surface area contributed by atoms with E-state index < -0.39 is 16.2 Å². The van der Waals surface area contributed by atoms with Crippen LogP contribution in [0.1, 0.15) is 31.9 Å². The van der Waals surface area contributed by atoms with Crippen molar-refractivity contribution in [3.05, 3.63) is 65.7 Å². The van der Waals surface area contributed by atoms with Crippen molar-refractivity contribution in [1.82, 2.24) is 0 Å². The second kappa shape index (κ2) is 7.55. The van der Waals surface area contributed by atoms with Gasteiger partial charge in [-0.15, -0.1) is 0 Å². The van der Waals surface area contributed by atoms with Crippen LogP contribution in [0.2, 0.25) is 0 Å². The van der Waals surface area contributed by atoms with Gasteiger partial charge in [-0.2, -0.15) is 0 Å². The summed E-state index contributed by atoms with van der Waals surface area (Å²) < 4.78 is 12.3. The summed E-state index contributed by atoms with van der Waals surface area (Å²) in [5, 5.41) is 2.91. The van der Waals surface area contributed by atoms with Crippen LogP contribution in [0.5, 0.6) is 0 Å². The number of hydrogen-bond donors (Lipinski definition) is 1. The average Bonchev–Trinajstić information content (AvgIpc) is 2.47. The lowest BCUT2D eigenvalue weighted by Gasteiger charge is -2.18. The third kappa shape index (κ3) is 5.64. The van der Waals surface area contributed by atoms with Crippen LogP contribution in [-0.2, 0) is 27.1 Å². The highest BCUT2D eigenvalue weighted by molar-refractivity contribution is 7.83. The largest absolute Gasteiger partial charge is 0.326 e. The van der Waals surface area contributed by atoms with E-state index in [0.29, 0.717) is 11.5 Å². The summed E-state index contributed by atoms with van der Waals surface area (Å²) >= 11 is 0. The number of hydrogen-bond acceptors (Lipinski definition) is 2. The minimum absolute atomic E-state index is 0.0277. The van der Waals surface area contributed by atoms with E-state index >= 15 is 0 Å². The van der Waals surface area contributed by atoms with Crippen molar-refractivity contribution in [1.29, 1.82) is 0 Å². The molecule has 4 heteroatoms. The smallest absolute Gasteiger partial charge is 0.229 e. The molecule has 2 aromatic rings. The van der Waals surface area contributed by atoms with Crippen molar-refractivity contribution in [2.75, 3.05) is 5.32 Å². The first-order valence-electron chi connectivity index (χ1n) is 7.64. The maximum atomic E-state index is 12.3. The standard InChI is InChI=1S/C19H23NO2S/c1-19(2,3)18(21)20-17-11-7-10-16(12-17)14-23(22)13-15-8-5-4-6-9-15/h4-12H,13-14H2,1-3H3,(H,20,21). The molecule has 1 unspecified atom stereocenters. The first-order chi connectivity index (χ1) is 10.8. The van der Waals surface area contributed by atoms with Gasteiger partial charge in [0.25, 0.3) is 0 Å². The molecule has 0 radical (unpaired) electrons. The van der Waals surface area contributed by atoms with Crippen LogP contribution < -0.4 is 5.32 Å². The Morgan fingerprint density at radius 3 is 2.22 bits per heavy atom. The van der Waals surface area contributed by atoms with Crippen LogP contribution in [0, 0.1) is 5.41 Å². The van der Waals surface area contributed by atoms with Crippen molar-refractivity contribution in [2.45, 2.75) is 32.3 Å². The molecular weight excluding hydrogens is 306 g/mol. The predicted octanol–water partition coefficient (Wildman–Crippen LogP) is 4.12. The molecule has 0 saturated carbocycles. The lowest BCUT2D eigenvalue weighted by Crippen LogP contribution is -2.27. The van der Waals surface area contributed by atoms with Crippen molar-refractivity contribution >= 4 is 22.4 Å². The van der Waals surface area contributed by atoms with Gasteiger partial charge in [0.1, 0.15) is 0 Å². The molecule has 23 heavy (non-hydrogen) atoms. The third-order valence-electron chi connectivity index (χ3n) is 3.36. The molecule has 0 aliphatic rings. The zero-order valence-electron chi connectivity index (χ0n) is 13.8. The number of carbonyl (C=O) groups excluding carboxylic acids is 1. The molecule has 0 aliphatic carbocycles. The number of benzene rings is 2. The van der Waals surface area contributed by atoms with Gasteiger partial charge in [-0.3, -0.25) is 9.00 Å². The Bertz CT molecular complexity index is 690. The highest BCUT2D eigenvalue weighted by Crippen LogP contribution is 2.19. The fraction of sp³-hybridized carbons (Fsp3) is 0.316. The molecule has 2 rings (SSSR count). The van der Waals surface area contributed by atoms with Crippen LogP contribution in [0.15, 0.2) is 54.6 Å². The highest BCUT2D eigenvalue weighted by Gasteiger charge is 2.21. The third-order valence-corrected chi connectivity index (χ3v) is 4.67. The molecule has 0 heterocycles. The summed E-state index contributed by atoms with van der Waals surface area (Å²) in [5.74, 6) is 0.994. The maximum absolute atomic E-state index is 12.3. The van der Waals surface area contributed by atoms with Gasteiger partial charge in [-0.25, -0.2) is 0 Å². The summed E-state index contributed by atoms with van der Waals surface area (Å²) in [4.78, 5) is 12.0. The van der Waals surface area contributed by atoms with Crippen molar-refractivity contribution in [3.8, 4) is 0 Å². The fourth-order valence-electron chi connectivity index (χ4n) is 2.05. The summed E-state index contributed by atoms with van der Waals surface area (Å²) in [7, 11) is -0.973. The first-order valence-corrected chi connectivity index (χ1v) is 9.13. The Kier molecular flexibility index (Phi) is 5.72. The number of nitrogens with one attached hydrogen (secondary N) is 1. The van der Waals surface area contributed by atoms with Gasteiger partial charge in [-0.05, 0) is 23.3 Å². The van der Waals surface area contributed by atoms with E-state index in [1.165, 1.54) is 0 Å². The average molecular weight is 329 g/mol. The molecule has 3 nitrogen and oxygen atoms in total. The molecule has 1 N–H and O–H groups in total. The summed E-state index contributed by atoms with van der Waals surface area (Å²) in [5.41, 5.74) is 2.35. The molecule has 0 saturated heterocycles. The maximum Gasteiger partial charge on any atom is 0.229 e. The van der Waals surface area contributed by atoms with E-state index in [1.54, 1.807) is 0 Å². The Balaban J connectivity index is 2.00. The van der Waals surface area contributed by atoms with Gasteiger partial charge < -0.3 is 5.32 Å². The van der Waals surface area contributed by atoms with Gasteiger partial charge >= 0.3 is 0 Å². The second-order valence-electron chi connectivity index (χ2n) is 6.62. The molecule has 0 aliphatic heterocycles. The summed E-state index contributed by atoms with van der Waals surface area (Å²) in [6.07, 6.45) is 0. The molecule has 2 aromatic carbocycles. The van der Waals surface area contributed by atoms with Gasteiger partial charge in [0, 0.05) is 33.4 Å². The summed E-state index contributed by atoms with van der Waals surface area (Å²) in [6, 6.07) is 17.4. The van der Waals surface area contributed by atoms with Crippen molar-refractivity contribution < 1.29 is 9.00 Å². The normalized spacial score (nSPS) is 12.7. The Hall–Kier alpha value is -1.94. The number of amides is 1. The van der Waals surface area contributed by atoms with Crippen LogP contribution in [-0.4, -0.2) is 10.1 Å². The predicted molar refractivity (Wildman–Crippen MR) is 96.5 cm³/mol. The quantitative estimate of drug-likeness (QED) is 0.897. The first kappa shape index (κ1) is 17.4.